The lowest BCUT2D eigenvalue weighted by molar-refractivity contribution is -0.139. The summed E-state index contributed by atoms with van der Waals surface area (Å²) in [5, 5.41) is 11.8. The summed E-state index contributed by atoms with van der Waals surface area (Å²) >= 11 is 1.77. The average Bonchev–Trinajstić information content (AvgIpc) is 2.70. The number of hydrogen-bond donors (Lipinski definition) is 2. The molecule has 0 amide bonds. The standard InChI is InChI=1S/C10H13NO2S/c1-6-2-3-9(14-6)7-4-8(10(12)13)11-5-7/h2-3,7-8,11H,4-5H2,1H3,(H,12,13). The summed E-state index contributed by atoms with van der Waals surface area (Å²) in [5.74, 6) is -0.351. The third-order valence-corrected chi connectivity index (χ3v) is 3.76. The molecule has 2 unspecified atom stereocenters. The zero-order valence-electron chi connectivity index (χ0n) is 7.99. The van der Waals surface area contributed by atoms with Gasteiger partial charge in [-0.15, -0.1) is 11.3 Å². The molecular weight excluding hydrogens is 198 g/mol. The maximum absolute atomic E-state index is 10.7. The summed E-state index contributed by atoms with van der Waals surface area (Å²) in [6, 6.07) is 3.84. The number of carboxylic acids is 1. The molecule has 1 fully saturated rings. The Labute approximate surface area is 86.8 Å². The minimum Gasteiger partial charge on any atom is -0.480 e. The summed E-state index contributed by atoms with van der Waals surface area (Å²) in [6.45, 7) is 2.86. The van der Waals surface area contributed by atoms with E-state index in [0.717, 1.165) is 13.0 Å². The van der Waals surface area contributed by atoms with Gasteiger partial charge in [0.1, 0.15) is 6.04 Å². The second-order valence-corrected chi connectivity index (χ2v) is 5.00. The fourth-order valence-corrected chi connectivity index (χ4v) is 2.80. The second-order valence-electron chi connectivity index (χ2n) is 3.68. The monoisotopic (exact) mass is 211 g/mol. The Hall–Kier alpha value is -0.870. The Kier molecular flexibility index (Phi) is 2.56. The van der Waals surface area contributed by atoms with Crippen LogP contribution in [0, 0.1) is 6.92 Å². The van der Waals surface area contributed by atoms with Gasteiger partial charge in [0.05, 0.1) is 0 Å². The number of nitrogens with one attached hydrogen (secondary N) is 1. The van der Waals surface area contributed by atoms with Gasteiger partial charge in [-0.05, 0) is 25.5 Å². The molecule has 4 heteroatoms. The Balaban J connectivity index is 2.05. The predicted octanol–water partition coefficient (Wildman–Crippen LogP) is 1.59. The SMILES string of the molecule is Cc1ccc(C2CNC(C(=O)O)C2)s1. The molecule has 0 radical (unpaired) electrons. The fraction of sp³-hybridized carbons (Fsp3) is 0.500. The van der Waals surface area contributed by atoms with Crippen LogP contribution in [0.4, 0.5) is 0 Å². The average molecular weight is 211 g/mol. The van der Waals surface area contributed by atoms with Gasteiger partial charge in [0.25, 0.3) is 0 Å². The van der Waals surface area contributed by atoms with Crippen LogP contribution in [0.15, 0.2) is 12.1 Å². The quantitative estimate of drug-likeness (QED) is 0.781. The topological polar surface area (TPSA) is 49.3 Å². The number of aliphatic carboxylic acids is 1. The summed E-state index contributed by atoms with van der Waals surface area (Å²) < 4.78 is 0. The largest absolute Gasteiger partial charge is 0.480 e. The van der Waals surface area contributed by atoms with Crippen molar-refractivity contribution in [1.82, 2.24) is 5.32 Å². The highest BCUT2D eigenvalue weighted by Crippen LogP contribution is 2.30. The molecule has 0 bridgehead atoms. The summed E-state index contributed by atoms with van der Waals surface area (Å²) in [4.78, 5) is 13.3. The third kappa shape index (κ3) is 1.81. The molecular formula is C10H13NO2S. The van der Waals surface area contributed by atoms with Crippen LogP contribution in [0.1, 0.15) is 22.1 Å². The number of carbonyl (C=O) groups is 1. The molecule has 1 saturated heterocycles. The summed E-state index contributed by atoms with van der Waals surface area (Å²) in [7, 11) is 0. The molecule has 1 aromatic heterocycles. The van der Waals surface area contributed by atoms with Crippen LogP contribution in [0.3, 0.4) is 0 Å². The maximum Gasteiger partial charge on any atom is 0.320 e. The lowest BCUT2D eigenvalue weighted by Gasteiger charge is -2.04. The Morgan fingerprint density at radius 2 is 2.43 bits per heavy atom. The van der Waals surface area contributed by atoms with Gasteiger partial charge in [0.15, 0.2) is 0 Å². The van der Waals surface area contributed by atoms with Crippen LogP contribution < -0.4 is 5.32 Å². The highest BCUT2D eigenvalue weighted by molar-refractivity contribution is 7.12. The third-order valence-electron chi connectivity index (χ3n) is 2.59. The summed E-state index contributed by atoms with van der Waals surface area (Å²) in [6.07, 6.45) is 0.718. The first-order chi connectivity index (χ1) is 6.66. The molecule has 0 aromatic carbocycles. The van der Waals surface area contributed by atoms with Gasteiger partial charge in [0, 0.05) is 22.2 Å². The highest BCUT2D eigenvalue weighted by Gasteiger charge is 2.30. The van der Waals surface area contributed by atoms with Crippen LogP contribution in [-0.4, -0.2) is 23.7 Å². The number of aryl methyl sites for hydroxylation is 1. The smallest absolute Gasteiger partial charge is 0.320 e. The molecule has 2 rings (SSSR count). The van der Waals surface area contributed by atoms with Crippen molar-refractivity contribution in [1.29, 1.82) is 0 Å². The number of thiophene rings is 1. The number of rotatable bonds is 2. The Morgan fingerprint density at radius 1 is 1.64 bits per heavy atom. The van der Waals surface area contributed by atoms with Gasteiger partial charge in [-0.25, -0.2) is 0 Å². The molecule has 2 heterocycles. The van der Waals surface area contributed by atoms with E-state index in [9.17, 15) is 4.79 Å². The van der Waals surface area contributed by atoms with Crippen molar-refractivity contribution in [2.45, 2.75) is 25.3 Å². The normalized spacial score (nSPS) is 26.6. The van der Waals surface area contributed by atoms with E-state index in [-0.39, 0.29) is 6.04 Å². The van der Waals surface area contributed by atoms with Crippen molar-refractivity contribution in [3.05, 3.63) is 21.9 Å². The molecule has 76 valence electrons. The van der Waals surface area contributed by atoms with Crippen molar-refractivity contribution >= 4 is 17.3 Å². The molecule has 3 nitrogen and oxygen atoms in total. The predicted molar refractivity (Wildman–Crippen MR) is 55.8 cm³/mol. The lowest BCUT2D eigenvalue weighted by atomic mass is 10.0. The van der Waals surface area contributed by atoms with E-state index in [0.29, 0.717) is 5.92 Å². The minimum absolute atomic E-state index is 0.359. The van der Waals surface area contributed by atoms with E-state index >= 15 is 0 Å². The fourth-order valence-electron chi connectivity index (χ4n) is 1.81. The Bertz CT molecular complexity index is 348. The molecule has 0 saturated carbocycles. The van der Waals surface area contributed by atoms with E-state index in [1.54, 1.807) is 11.3 Å². The van der Waals surface area contributed by atoms with E-state index in [4.69, 9.17) is 5.11 Å². The van der Waals surface area contributed by atoms with Crippen molar-refractivity contribution in [3.8, 4) is 0 Å². The van der Waals surface area contributed by atoms with Crippen molar-refractivity contribution in [3.63, 3.8) is 0 Å². The van der Waals surface area contributed by atoms with Crippen LogP contribution in [0.5, 0.6) is 0 Å². The molecule has 0 spiro atoms. The van der Waals surface area contributed by atoms with Gasteiger partial charge in [-0.2, -0.15) is 0 Å². The zero-order chi connectivity index (χ0) is 10.1. The molecule has 0 aliphatic carbocycles. The second kappa shape index (κ2) is 3.71. The first-order valence-electron chi connectivity index (χ1n) is 4.69. The van der Waals surface area contributed by atoms with E-state index in [1.807, 2.05) is 0 Å². The number of hydrogen-bond acceptors (Lipinski definition) is 3. The molecule has 1 aliphatic rings. The summed E-state index contributed by atoms with van der Waals surface area (Å²) in [5.41, 5.74) is 0. The lowest BCUT2D eigenvalue weighted by Crippen LogP contribution is -2.29. The van der Waals surface area contributed by atoms with Crippen molar-refractivity contribution in [2.75, 3.05) is 6.54 Å². The van der Waals surface area contributed by atoms with Crippen LogP contribution in [0.25, 0.3) is 0 Å². The minimum atomic E-state index is -0.735. The van der Waals surface area contributed by atoms with Crippen LogP contribution in [0.2, 0.25) is 0 Å². The molecule has 14 heavy (non-hydrogen) atoms. The first-order valence-corrected chi connectivity index (χ1v) is 5.51. The van der Waals surface area contributed by atoms with Crippen molar-refractivity contribution < 1.29 is 9.90 Å². The van der Waals surface area contributed by atoms with Gasteiger partial charge in [0.2, 0.25) is 0 Å². The van der Waals surface area contributed by atoms with Gasteiger partial charge >= 0.3 is 5.97 Å². The van der Waals surface area contributed by atoms with Crippen molar-refractivity contribution in [2.24, 2.45) is 0 Å². The zero-order valence-corrected chi connectivity index (χ0v) is 8.80. The Morgan fingerprint density at radius 3 is 2.93 bits per heavy atom. The van der Waals surface area contributed by atoms with Crippen LogP contribution >= 0.6 is 11.3 Å². The van der Waals surface area contributed by atoms with Gasteiger partial charge in [-0.3, -0.25) is 4.79 Å². The molecule has 2 atom stereocenters. The van der Waals surface area contributed by atoms with Gasteiger partial charge < -0.3 is 10.4 Å². The van der Waals surface area contributed by atoms with E-state index in [2.05, 4.69) is 24.4 Å². The highest BCUT2D eigenvalue weighted by atomic mass is 32.1. The molecule has 2 N–H and O–H groups in total. The maximum atomic E-state index is 10.7. The van der Waals surface area contributed by atoms with Gasteiger partial charge in [-0.1, -0.05) is 0 Å². The number of carboxylic acid groups (broad SMARTS) is 1. The van der Waals surface area contributed by atoms with Crippen LogP contribution in [-0.2, 0) is 4.79 Å². The van der Waals surface area contributed by atoms with E-state index in [1.165, 1.54) is 9.75 Å². The molecule has 1 aromatic rings. The van der Waals surface area contributed by atoms with E-state index < -0.39 is 5.97 Å². The first kappa shape index (κ1) is 9.68. The molecule has 1 aliphatic heterocycles.